The van der Waals surface area contributed by atoms with Crippen LogP contribution in [-0.4, -0.2) is 21.1 Å². The van der Waals surface area contributed by atoms with Crippen LogP contribution in [0.3, 0.4) is 0 Å². The molecule has 3 nitrogen and oxygen atoms in total. The summed E-state index contributed by atoms with van der Waals surface area (Å²) in [5.74, 6) is 2.44. The van der Waals surface area contributed by atoms with E-state index >= 15 is 0 Å². The summed E-state index contributed by atoms with van der Waals surface area (Å²) in [5, 5.41) is 0.268. The lowest BCUT2D eigenvalue weighted by atomic mass is 10.2. The number of hydrogen-bond donors (Lipinski definition) is 0. The monoisotopic (exact) mass is 446 g/mol. The molecule has 0 saturated carbocycles. The number of rotatable bonds is 3. The van der Waals surface area contributed by atoms with E-state index < -0.39 is 15.1 Å². The van der Waals surface area contributed by atoms with E-state index in [1.165, 1.54) is 0 Å². The van der Waals surface area contributed by atoms with Gasteiger partial charge >= 0.3 is 0 Å². The summed E-state index contributed by atoms with van der Waals surface area (Å²) in [6.45, 7) is 19.3. The summed E-state index contributed by atoms with van der Waals surface area (Å²) in [5.41, 5.74) is -0.331. The van der Waals surface area contributed by atoms with Crippen molar-refractivity contribution in [1.29, 1.82) is 0 Å². The van der Waals surface area contributed by atoms with E-state index in [9.17, 15) is 4.57 Å². The van der Waals surface area contributed by atoms with Gasteiger partial charge in [0, 0.05) is 10.3 Å². The van der Waals surface area contributed by atoms with Gasteiger partial charge in [0.15, 0.2) is 5.59 Å². The fourth-order valence-electron chi connectivity index (χ4n) is 4.38. The molecule has 1 aliphatic heterocycles. The standard InChI is InChI=1S/C25H36O3P2/c1-23(2,3)29-21-19(27-18-14-11-10-12-15-18)16-13-17-20(21)28-22(29)30(26,24(4,5)6)25(7,8)9/h10-17,22H,1-9H3/t22?,29-/m1/s1. The minimum Gasteiger partial charge on any atom is -0.477 e. The van der Waals surface area contributed by atoms with Crippen molar-refractivity contribution in [3.8, 4) is 17.2 Å². The van der Waals surface area contributed by atoms with Crippen molar-refractivity contribution in [1.82, 2.24) is 0 Å². The van der Waals surface area contributed by atoms with Crippen LogP contribution in [0.25, 0.3) is 0 Å². The van der Waals surface area contributed by atoms with Crippen molar-refractivity contribution >= 4 is 20.4 Å². The van der Waals surface area contributed by atoms with Crippen LogP contribution in [0, 0.1) is 0 Å². The molecule has 2 aromatic rings. The molecule has 0 fully saturated rings. The lowest BCUT2D eigenvalue weighted by Crippen LogP contribution is -2.38. The highest BCUT2D eigenvalue weighted by Crippen LogP contribution is 2.80. The Bertz CT molecular complexity index is 929. The Kier molecular flexibility index (Phi) is 5.98. The molecule has 0 N–H and O–H groups in total. The number of para-hydroxylation sites is 1. The van der Waals surface area contributed by atoms with E-state index in [1.54, 1.807) is 0 Å². The first-order valence-electron chi connectivity index (χ1n) is 10.6. The van der Waals surface area contributed by atoms with Crippen LogP contribution < -0.4 is 14.8 Å². The van der Waals surface area contributed by atoms with E-state index in [0.29, 0.717) is 0 Å². The second kappa shape index (κ2) is 7.68. The van der Waals surface area contributed by atoms with Crippen LogP contribution in [0.1, 0.15) is 62.3 Å². The number of fused-ring (bicyclic) bond motifs is 1. The Hall–Kier alpha value is -1.30. The van der Waals surface area contributed by atoms with Gasteiger partial charge < -0.3 is 14.0 Å². The van der Waals surface area contributed by atoms with Crippen molar-refractivity contribution < 1.29 is 14.0 Å². The number of benzene rings is 2. The molecule has 0 bridgehead atoms. The maximum absolute atomic E-state index is 14.9. The molecule has 1 aliphatic rings. The van der Waals surface area contributed by atoms with Gasteiger partial charge in [-0.2, -0.15) is 0 Å². The van der Waals surface area contributed by atoms with Gasteiger partial charge in [-0.3, -0.25) is 0 Å². The fourth-order valence-corrected chi connectivity index (χ4v) is 15.2. The molecular weight excluding hydrogens is 410 g/mol. The third-order valence-electron chi connectivity index (χ3n) is 5.65. The molecular formula is C25H36O3P2. The molecule has 0 amide bonds. The molecule has 0 spiro atoms. The summed E-state index contributed by atoms with van der Waals surface area (Å²) in [7, 11) is -3.73. The number of hydrogen-bond acceptors (Lipinski definition) is 3. The minimum absolute atomic E-state index is 0.0897. The van der Waals surface area contributed by atoms with Gasteiger partial charge in [-0.05, 0) is 37.3 Å². The van der Waals surface area contributed by atoms with Crippen LogP contribution in [0.2, 0.25) is 0 Å². The van der Waals surface area contributed by atoms with Crippen molar-refractivity contribution in [3.63, 3.8) is 0 Å². The smallest absolute Gasteiger partial charge is 0.174 e. The first kappa shape index (κ1) is 23.4. The first-order chi connectivity index (χ1) is 13.7. The van der Waals surface area contributed by atoms with Gasteiger partial charge in [-0.1, -0.05) is 86.6 Å². The quantitative estimate of drug-likeness (QED) is 0.448. The third kappa shape index (κ3) is 3.96. The average Bonchev–Trinajstić information content (AvgIpc) is 3.01. The second-order valence-electron chi connectivity index (χ2n) is 11.0. The Morgan fingerprint density at radius 1 is 0.833 bits per heavy atom. The van der Waals surface area contributed by atoms with Crippen molar-refractivity contribution in [3.05, 3.63) is 48.5 Å². The highest BCUT2D eigenvalue weighted by atomic mass is 31.2. The molecule has 1 heterocycles. The predicted molar refractivity (Wildman–Crippen MR) is 131 cm³/mol. The summed E-state index contributed by atoms with van der Waals surface area (Å²) in [6, 6.07) is 15.8. The number of ether oxygens (including phenoxy) is 2. The largest absolute Gasteiger partial charge is 0.477 e. The van der Waals surface area contributed by atoms with Crippen LogP contribution in [-0.2, 0) is 4.57 Å². The van der Waals surface area contributed by atoms with Crippen molar-refractivity contribution in [2.45, 2.75) is 83.4 Å². The van der Waals surface area contributed by atoms with Gasteiger partial charge in [0.2, 0.25) is 0 Å². The normalized spacial score (nSPS) is 19.9. The summed E-state index contributed by atoms with van der Waals surface area (Å²) < 4.78 is 27.9. The molecule has 164 valence electrons. The molecule has 0 saturated heterocycles. The van der Waals surface area contributed by atoms with Crippen LogP contribution in [0.5, 0.6) is 17.2 Å². The van der Waals surface area contributed by atoms with Crippen LogP contribution in [0.15, 0.2) is 48.5 Å². The predicted octanol–water partition coefficient (Wildman–Crippen LogP) is 8.02. The van der Waals surface area contributed by atoms with E-state index in [0.717, 1.165) is 22.6 Å². The molecule has 5 heteroatoms. The molecule has 30 heavy (non-hydrogen) atoms. The zero-order valence-electron chi connectivity index (χ0n) is 19.8. The third-order valence-corrected chi connectivity index (χ3v) is 15.0. The maximum Gasteiger partial charge on any atom is 0.174 e. The van der Waals surface area contributed by atoms with Crippen molar-refractivity contribution in [2.24, 2.45) is 0 Å². The molecule has 0 aromatic heterocycles. The fraction of sp³-hybridized carbons (Fsp3) is 0.520. The zero-order valence-corrected chi connectivity index (χ0v) is 21.6. The van der Waals surface area contributed by atoms with E-state index in [2.05, 4.69) is 62.3 Å². The molecule has 1 unspecified atom stereocenters. The topological polar surface area (TPSA) is 35.5 Å². The van der Waals surface area contributed by atoms with Gasteiger partial charge in [-0.25, -0.2) is 0 Å². The second-order valence-corrected chi connectivity index (χ2v) is 18.9. The van der Waals surface area contributed by atoms with Gasteiger partial charge in [0.1, 0.15) is 24.4 Å². The highest BCUT2D eigenvalue weighted by Gasteiger charge is 2.60. The summed E-state index contributed by atoms with van der Waals surface area (Å²) >= 11 is 0. The molecule has 0 aliphatic carbocycles. The highest BCUT2D eigenvalue weighted by molar-refractivity contribution is 7.84. The lowest BCUT2D eigenvalue weighted by Gasteiger charge is -2.47. The van der Waals surface area contributed by atoms with E-state index in [4.69, 9.17) is 9.47 Å². The maximum atomic E-state index is 14.9. The summed E-state index contributed by atoms with van der Waals surface area (Å²) in [4.78, 5) is 0. The molecule has 3 rings (SSSR count). The average molecular weight is 447 g/mol. The first-order valence-corrected chi connectivity index (χ1v) is 13.8. The van der Waals surface area contributed by atoms with Crippen LogP contribution in [0.4, 0.5) is 0 Å². The van der Waals surface area contributed by atoms with Crippen molar-refractivity contribution in [2.75, 3.05) is 0 Å². The van der Waals surface area contributed by atoms with E-state index in [1.807, 2.05) is 48.5 Å². The molecule has 2 aromatic carbocycles. The van der Waals surface area contributed by atoms with E-state index in [-0.39, 0.29) is 21.1 Å². The zero-order chi connectivity index (χ0) is 22.5. The van der Waals surface area contributed by atoms with Gasteiger partial charge in [0.05, 0.1) is 5.30 Å². The SMILES string of the molecule is CC(C)(C)[P@]1c2c(Oc3ccccc3)cccc2OC1P(=O)(C(C)(C)C)C(C)(C)C. The Morgan fingerprint density at radius 2 is 1.40 bits per heavy atom. The lowest BCUT2D eigenvalue weighted by molar-refractivity contribution is 0.340. The summed E-state index contributed by atoms with van der Waals surface area (Å²) in [6.07, 6.45) is 0. The molecule has 2 atom stereocenters. The Balaban J connectivity index is 2.19. The minimum atomic E-state index is -2.82. The van der Waals surface area contributed by atoms with Gasteiger partial charge in [0.25, 0.3) is 0 Å². The Labute approximate surface area is 183 Å². The molecule has 0 radical (unpaired) electrons. The van der Waals surface area contributed by atoms with Crippen LogP contribution >= 0.6 is 15.1 Å². The van der Waals surface area contributed by atoms with Gasteiger partial charge in [-0.15, -0.1) is 0 Å². The Morgan fingerprint density at radius 3 is 1.90 bits per heavy atom.